The lowest BCUT2D eigenvalue weighted by Crippen LogP contribution is -2.20. The number of carboxylic acids is 1. The Kier molecular flexibility index (Phi) is 15.7. The third-order valence-corrected chi connectivity index (χ3v) is 4.33. The Morgan fingerprint density at radius 3 is 2.04 bits per heavy atom. The van der Waals surface area contributed by atoms with Gasteiger partial charge < -0.3 is 14.7 Å². The van der Waals surface area contributed by atoms with E-state index in [2.05, 4.69) is 11.8 Å². The fraction of sp³-hybridized carbons (Fsp3) is 0.900. The molecular formula is C20H39NO4. The van der Waals surface area contributed by atoms with Crippen molar-refractivity contribution in [3.8, 4) is 0 Å². The summed E-state index contributed by atoms with van der Waals surface area (Å²) in [5.41, 5.74) is 0. The summed E-state index contributed by atoms with van der Waals surface area (Å²) < 4.78 is 5.69. The van der Waals surface area contributed by atoms with Gasteiger partial charge in [0.05, 0.1) is 0 Å². The Labute approximate surface area is 154 Å². The summed E-state index contributed by atoms with van der Waals surface area (Å²) >= 11 is 0. The highest BCUT2D eigenvalue weighted by Crippen LogP contribution is 2.17. The van der Waals surface area contributed by atoms with E-state index in [0.29, 0.717) is 12.8 Å². The van der Waals surface area contributed by atoms with Crippen molar-refractivity contribution in [2.45, 2.75) is 96.5 Å². The first-order valence-corrected chi connectivity index (χ1v) is 10.0. The molecule has 0 radical (unpaired) electrons. The number of hydrogen-bond acceptors (Lipinski definition) is 4. The molecule has 0 aromatic heterocycles. The number of ether oxygens (including phenoxy) is 1. The molecule has 0 aliphatic heterocycles. The standard InChI is InChI=1S/C20H39NO4/c1-4-5-6-7-9-13-18(14-10-8-11-15-19(22)23)25-20(24)16-12-17-21(2)3/h18H,4-17H2,1-3H3,(H,22,23). The van der Waals surface area contributed by atoms with E-state index in [1.807, 2.05) is 14.1 Å². The third kappa shape index (κ3) is 17.5. The Morgan fingerprint density at radius 2 is 1.48 bits per heavy atom. The number of esters is 1. The predicted molar refractivity (Wildman–Crippen MR) is 102 cm³/mol. The van der Waals surface area contributed by atoms with E-state index >= 15 is 0 Å². The molecule has 0 aliphatic carbocycles. The molecule has 148 valence electrons. The summed E-state index contributed by atoms with van der Waals surface area (Å²) in [6.07, 6.45) is 11.9. The molecule has 0 amide bonds. The lowest BCUT2D eigenvalue weighted by Gasteiger charge is -2.18. The second-order valence-corrected chi connectivity index (χ2v) is 7.21. The van der Waals surface area contributed by atoms with Gasteiger partial charge in [-0.1, -0.05) is 39.0 Å². The third-order valence-electron chi connectivity index (χ3n) is 4.33. The van der Waals surface area contributed by atoms with Gasteiger partial charge in [-0.25, -0.2) is 0 Å². The van der Waals surface area contributed by atoms with Crippen molar-refractivity contribution in [3.63, 3.8) is 0 Å². The highest BCUT2D eigenvalue weighted by atomic mass is 16.5. The molecule has 0 saturated carbocycles. The van der Waals surface area contributed by atoms with Crippen LogP contribution in [0.3, 0.4) is 0 Å². The predicted octanol–water partition coefficient (Wildman–Crippen LogP) is 4.64. The molecule has 5 nitrogen and oxygen atoms in total. The van der Waals surface area contributed by atoms with Crippen molar-refractivity contribution in [1.29, 1.82) is 0 Å². The van der Waals surface area contributed by atoms with E-state index < -0.39 is 5.97 Å². The molecule has 0 bridgehead atoms. The molecule has 0 rings (SSSR count). The Hall–Kier alpha value is -1.10. The number of hydrogen-bond donors (Lipinski definition) is 1. The van der Waals surface area contributed by atoms with Crippen molar-refractivity contribution in [3.05, 3.63) is 0 Å². The Morgan fingerprint density at radius 1 is 0.880 bits per heavy atom. The maximum atomic E-state index is 12.0. The normalized spacial score (nSPS) is 12.3. The van der Waals surface area contributed by atoms with Crippen molar-refractivity contribution in [2.24, 2.45) is 0 Å². The smallest absolute Gasteiger partial charge is 0.306 e. The number of aliphatic carboxylic acids is 1. The molecule has 0 aliphatic rings. The van der Waals surface area contributed by atoms with Gasteiger partial charge >= 0.3 is 11.9 Å². The molecule has 5 heteroatoms. The van der Waals surface area contributed by atoms with Crippen molar-refractivity contribution < 1.29 is 19.4 Å². The van der Waals surface area contributed by atoms with Crippen molar-refractivity contribution in [1.82, 2.24) is 4.90 Å². The monoisotopic (exact) mass is 357 g/mol. The minimum Gasteiger partial charge on any atom is -0.481 e. The van der Waals surface area contributed by atoms with Crippen LogP contribution in [0, 0.1) is 0 Å². The molecule has 0 aromatic rings. The van der Waals surface area contributed by atoms with E-state index in [9.17, 15) is 9.59 Å². The second kappa shape index (κ2) is 16.4. The molecule has 0 fully saturated rings. The molecule has 1 atom stereocenters. The molecule has 1 N–H and O–H groups in total. The summed E-state index contributed by atoms with van der Waals surface area (Å²) in [5.74, 6) is -0.828. The maximum absolute atomic E-state index is 12.0. The van der Waals surface area contributed by atoms with Crippen LogP contribution < -0.4 is 0 Å². The fourth-order valence-corrected chi connectivity index (χ4v) is 2.85. The van der Waals surface area contributed by atoms with Crippen LogP contribution in [-0.2, 0) is 14.3 Å². The number of rotatable bonds is 17. The van der Waals surface area contributed by atoms with Crippen LogP contribution in [0.15, 0.2) is 0 Å². The largest absolute Gasteiger partial charge is 0.481 e. The van der Waals surface area contributed by atoms with E-state index in [1.165, 1.54) is 25.7 Å². The van der Waals surface area contributed by atoms with Crippen LogP contribution >= 0.6 is 0 Å². The van der Waals surface area contributed by atoms with Crippen LogP contribution in [0.5, 0.6) is 0 Å². The zero-order valence-corrected chi connectivity index (χ0v) is 16.6. The Balaban J connectivity index is 4.08. The number of nitrogens with zero attached hydrogens (tertiary/aromatic N) is 1. The molecular weight excluding hydrogens is 318 g/mol. The van der Waals surface area contributed by atoms with Crippen LogP contribution in [-0.4, -0.2) is 48.7 Å². The van der Waals surface area contributed by atoms with Gasteiger partial charge in [-0.05, 0) is 59.2 Å². The van der Waals surface area contributed by atoms with Gasteiger partial charge in [-0.15, -0.1) is 0 Å². The highest BCUT2D eigenvalue weighted by molar-refractivity contribution is 5.69. The molecule has 0 heterocycles. The van der Waals surface area contributed by atoms with Gasteiger partial charge in [-0.2, -0.15) is 0 Å². The molecule has 25 heavy (non-hydrogen) atoms. The minimum absolute atomic E-state index is 0.00156. The van der Waals surface area contributed by atoms with Crippen molar-refractivity contribution >= 4 is 11.9 Å². The first-order valence-electron chi connectivity index (χ1n) is 10.0. The Bertz CT molecular complexity index is 345. The summed E-state index contributed by atoms with van der Waals surface area (Å²) in [5, 5.41) is 8.68. The number of carbonyl (C=O) groups excluding carboxylic acids is 1. The van der Waals surface area contributed by atoms with Gasteiger partial charge in [0.1, 0.15) is 6.10 Å². The SMILES string of the molecule is CCCCCCCC(CCCCCC(=O)O)OC(=O)CCCN(C)C. The molecule has 1 unspecified atom stereocenters. The van der Waals surface area contributed by atoms with Crippen LogP contribution in [0.25, 0.3) is 0 Å². The van der Waals surface area contributed by atoms with E-state index in [4.69, 9.17) is 9.84 Å². The van der Waals surface area contributed by atoms with Gasteiger partial charge in [-0.3, -0.25) is 9.59 Å². The minimum atomic E-state index is -0.736. The first-order chi connectivity index (χ1) is 12.0. The fourth-order valence-electron chi connectivity index (χ4n) is 2.85. The first kappa shape index (κ1) is 23.9. The lowest BCUT2D eigenvalue weighted by atomic mass is 10.0. The molecule has 0 saturated heterocycles. The second-order valence-electron chi connectivity index (χ2n) is 7.21. The summed E-state index contributed by atoms with van der Waals surface area (Å²) in [7, 11) is 4.00. The van der Waals surface area contributed by atoms with E-state index in [-0.39, 0.29) is 18.5 Å². The average molecular weight is 358 g/mol. The lowest BCUT2D eigenvalue weighted by molar-refractivity contribution is -0.150. The van der Waals surface area contributed by atoms with Crippen LogP contribution in [0.2, 0.25) is 0 Å². The number of carbonyl (C=O) groups is 2. The topological polar surface area (TPSA) is 66.8 Å². The van der Waals surface area contributed by atoms with E-state index in [0.717, 1.165) is 45.1 Å². The zero-order chi connectivity index (χ0) is 18.9. The summed E-state index contributed by atoms with van der Waals surface area (Å²) in [6, 6.07) is 0. The van der Waals surface area contributed by atoms with Crippen molar-refractivity contribution in [2.75, 3.05) is 20.6 Å². The van der Waals surface area contributed by atoms with Gasteiger partial charge in [0.2, 0.25) is 0 Å². The zero-order valence-electron chi connectivity index (χ0n) is 16.6. The van der Waals surface area contributed by atoms with Crippen LogP contribution in [0.1, 0.15) is 90.4 Å². The maximum Gasteiger partial charge on any atom is 0.306 e. The van der Waals surface area contributed by atoms with Gasteiger partial charge in [0, 0.05) is 12.8 Å². The molecule has 0 spiro atoms. The van der Waals surface area contributed by atoms with Gasteiger partial charge in [0.25, 0.3) is 0 Å². The number of unbranched alkanes of at least 4 members (excludes halogenated alkanes) is 6. The average Bonchev–Trinajstić information content (AvgIpc) is 2.53. The molecule has 0 aromatic carbocycles. The summed E-state index contributed by atoms with van der Waals surface area (Å²) in [4.78, 5) is 24.6. The quantitative estimate of drug-likeness (QED) is 0.303. The van der Waals surface area contributed by atoms with Crippen LogP contribution in [0.4, 0.5) is 0 Å². The highest BCUT2D eigenvalue weighted by Gasteiger charge is 2.14. The van der Waals surface area contributed by atoms with Gasteiger partial charge in [0.15, 0.2) is 0 Å². The number of carboxylic acid groups (broad SMARTS) is 1. The van der Waals surface area contributed by atoms with E-state index in [1.54, 1.807) is 0 Å². The summed E-state index contributed by atoms with van der Waals surface area (Å²) in [6.45, 7) is 3.10.